The van der Waals surface area contributed by atoms with Crippen LogP contribution in [0.5, 0.6) is 0 Å². The van der Waals surface area contributed by atoms with E-state index in [2.05, 4.69) is 29.6 Å². The van der Waals surface area contributed by atoms with Crippen LogP contribution in [0.3, 0.4) is 0 Å². The second-order valence-corrected chi connectivity index (χ2v) is 7.51. The predicted octanol–water partition coefficient (Wildman–Crippen LogP) is 3.77. The van der Waals surface area contributed by atoms with Gasteiger partial charge in [0, 0.05) is 28.7 Å². The summed E-state index contributed by atoms with van der Waals surface area (Å²) in [6.07, 6.45) is 3.33. The first-order valence-corrected chi connectivity index (χ1v) is 10.2. The highest BCUT2D eigenvalue weighted by Gasteiger charge is 2.37. The third-order valence-electron chi connectivity index (χ3n) is 4.53. The van der Waals surface area contributed by atoms with E-state index >= 15 is 0 Å². The molecular weight excluding hydrogens is 368 g/mol. The molecule has 0 saturated carbocycles. The van der Waals surface area contributed by atoms with Gasteiger partial charge < -0.3 is 10.2 Å². The molecule has 0 unspecified atom stereocenters. The summed E-state index contributed by atoms with van der Waals surface area (Å²) in [5.74, 6) is -0.939. The van der Waals surface area contributed by atoms with E-state index in [1.54, 1.807) is 40.9 Å². The van der Waals surface area contributed by atoms with Gasteiger partial charge in [-0.1, -0.05) is 23.7 Å². The number of benzene rings is 2. The average molecular weight is 389 g/mol. The number of carbonyl (C=O) groups is 2. The highest BCUT2D eigenvalue weighted by molar-refractivity contribution is 7.98. The lowest BCUT2D eigenvalue weighted by Gasteiger charge is -2.17. The Morgan fingerprint density at radius 2 is 1.88 bits per heavy atom. The largest absolute Gasteiger partial charge is 0.355 e. The lowest BCUT2D eigenvalue weighted by Crippen LogP contribution is -2.37. The second kappa shape index (κ2) is 8.60. The van der Waals surface area contributed by atoms with Crippen molar-refractivity contribution in [1.29, 1.82) is 0 Å². The van der Waals surface area contributed by atoms with E-state index in [0.717, 1.165) is 12.1 Å². The number of amides is 2. The summed E-state index contributed by atoms with van der Waals surface area (Å²) >= 11 is 7.59. The molecule has 0 aromatic heterocycles. The Balaban J connectivity index is 1.51. The van der Waals surface area contributed by atoms with E-state index in [9.17, 15) is 9.59 Å². The minimum Gasteiger partial charge on any atom is -0.355 e. The summed E-state index contributed by atoms with van der Waals surface area (Å²) in [5.41, 5.74) is 1.95. The minimum atomic E-state index is -0.607. The summed E-state index contributed by atoms with van der Waals surface area (Å²) in [4.78, 5) is 27.8. The highest BCUT2D eigenvalue weighted by Crippen LogP contribution is 2.26. The molecule has 1 saturated heterocycles. The van der Waals surface area contributed by atoms with Crippen LogP contribution in [0, 0.1) is 5.92 Å². The van der Waals surface area contributed by atoms with Crippen LogP contribution < -0.4 is 10.2 Å². The quantitative estimate of drug-likeness (QED) is 0.605. The summed E-state index contributed by atoms with van der Waals surface area (Å²) < 4.78 is 0. The molecule has 0 aliphatic carbocycles. The van der Waals surface area contributed by atoms with Gasteiger partial charge in [0.25, 0.3) is 0 Å². The first kappa shape index (κ1) is 18.8. The van der Waals surface area contributed by atoms with Crippen LogP contribution in [0.4, 0.5) is 5.69 Å². The van der Waals surface area contributed by atoms with Crippen LogP contribution in [0.15, 0.2) is 53.4 Å². The number of halogens is 1. The van der Waals surface area contributed by atoms with E-state index in [-0.39, 0.29) is 11.8 Å². The number of thioether (sulfide) groups is 1. The number of rotatable bonds is 6. The molecular formula is C20H21ClN2O2S. The molecule has 2 aromatic carbocycles. The van der Waals surface area contributed by atoms with Crippen molar-refractivity contribution >= 4 is 40.9 Å². The summed E-state index contributed by atoms with van der Waals surface area (Å²) in [5, 5.41) is 3.53. The van der Waals surface area contributed by atoms with Gasteiger partial charge in [-0.3, -0.25) is 9.59 Å². The van der Waals surface area contributed by atoms with Crippen molar-refractivity contribution in [3.8, 4) is 0 Å². The van der Waals surface area contributed by atoms with Gasteiger partial charge in [0.05, 0.1) is 0 Å². The van der Waals surface area contributed by atoms with Gasteiger partial charge in [-0.05, 0) is 61.1 Å². The third-order valence-corrected chi connectivity index (χ3v) is 5.53. The molecule has 26 heavy (non-hydrogen) atoms. The molecule has 1 aliphatic rings. The number of anilines is 1. The van der Waals surface area contributed by atoms with Crippen LogP contribution in [0.1, 0.15) is 12.0 Å². The lowest BCUT2D eigenvalue weighted by molar-refractivity contribution is -0.132. The fourth-order valence-electron chi connectivity index (χ4n) is 3.05. The van der Waals surface area contributed by atoms with Crippen LogP contribution >= 0.6 is 23.4 Å². The molecule has 2 aromatic rings. The fourth-order valence-corrected chi connectivity index (χ4v) is 3.58. The van der Waals surface area contributed by atoms with Gasteiger partial charge in [0.1, 0.15) is 5.92 Å². The van der Waals surface area contributed by atoms with E-state index in [1.807, 2.05) is 6.26 Å². The maximum Gasteiger partial charge on any atom is 0.239 e. The van der Waals surface area contributed by atoms with Crippen molar-refractivity contribution in [3.63, 3.8) is 0 Å². The Bertz CT molecular complexity index is 777. The Kier molecular flexibility index (Phi) is 6.22. The molecule has 1 heterocycles. The van der Waals surface area contributed by atoms with Crippen molar-refractivity contribution in [2.45, 2.75) is 17.7 Å². The zero-order valence-electron chi connectivity index (χ0n) is 14.6. The van der Waals surface area contributed by atoms with Gasteiger partial charge in [0.2, 0.25) is 11.8 Å². The number of carbonyl (C=O) groups excluding carboxylic acids is 2. The standard InChI is InChI=1S/C20H21ClN2O2S/c1-26-17-8-2-14(3-9-17)10-12-22-19(24)18-11-13-23(20(18)25)16-6-4-15(21)5-7-16/h2-9,18H,10-13H2,1H3,(H,22,24)/t18-/m1/s1. The van der Waals surface area contributed by atoms with Crippen molar-refractivity contribution in [2.24, 2.45) is 5.92 Å². The molecule has 6 heteroatoms. The van der Waals surface area contributed by atoms with E-state index in [0.29, 0.717) is 24.5 Å². The van der Waals surface area contributed by atoms with Crippen LogP contribution in [0.2, 0.25) is 5.02 Å². The molecule has 3 rings (SSSR count). The number of nitrogens with one attached hydrogen (secondary N) is 1. The van der Waals surface area contributed by atoms with Gasteiger partial charge >= 0.3 is 0 Å². The summed E-state index contributed by atoms with van der Waals surface area (Å²) in [7, 11) is 0. The third kappa shape index (κ3) is 4.40. The Morgan fingerprint density at radius 1 is 1.19 bits per heavy atom. The van der Waals surface area contributed by atoms with Crippen LogP contribution in [0.25, 0.3) is 0 Å². The minimum absolute atomic E-state index is 0.144. The molecule has 0 radical (unpaired) electrons. The molecule has 2 amide bonds. The normalized spacial score (nSPS) is 16.8. The molecule has 1 aliphatic heterocycles. The average Bonchev–Trinajstić information content (AvgIpc) is 3.04. The monoisotopic (exact) mass is 388 g/mol. The van der Waals surface area contributed by atoms with E-state index in [1.165, 1.54) is 10.5 Å². The summed E-state index contributed by atoms with van der Waals surface area (Å²) in [6.45, 7) is 1.08. The van der Waals surface area contributed by atoms with Gasteiger partial charge in [-0.2, -0.15) is 0 Å². The fraction of sp³-hybridized carbons (Fsp3) is 0.300. The number of hydrogen-bond acceptors (Lipinski definition) is 3. The number of nitrogens with zero attached hydrogens (tertiary/aromatic N) is 1. The maximum absolute atomic E-state index is 12.6. The van der Waals surface area contributed by atoms with Crippen molar-refractivity contribution in [1.82, 2.24) is 5.32 Å². The smallest absolute Gasteiger partial charge is 0.239 e. The molecule has 136 valence electrons. The molecule has 1 atom stereocenters. The van der Waals surface area contributed by atoms with Crippen molar-refractivity contribution in [2.75, 3.05) is 24.2 Å². The van der Waals surface area contributed by atoms with Gasteiger partial charge in [0.15, 0.2) is 0 Å². The Labute approximate surface area is 162 Å². The molecule has 0 bridgehead atoms. The zero-order valence-corrected chi connectivity index (χ0v) is 16.1. The molecule has 1 N–H and O–H groups in total. The van der Waals surface area contributed by atoms with Crippen LogP contribution in [-0.2, 0) is 16.0 Å². The summed E-state index contributed by atoms with van der Waals surface area (Å²) in [6, 6.07) is 15.4. The first-order valence-electron chi connectivity index (χ1n) is 8.56. The Morgan fingerprint density at radius 3 is 2.54 bits per heavy atom. The number of hydrogen-bond donors (Lipinski definition) is 1. The van der Waals surface area contributed by atoms with E-state index in [4.69, 9.17) is 11.6 Å². The molecule has 0 spiro atoms. The first-order chi connectivity index (χ1) is 12.6. The van der Waals surface area contributed by atoms with E-state index < -0.39 is 5.92 Å². The zero-order chi connectivity index (χ0) is 18.5. The predicted molar refractivity (Wildman–Crippen MR) is 107 cm³/mol. The van der Waals surface area contributed by atoms with Crippen LogP contribution in [-0.4, -0.2) is 31.2 Å². The maximum atomic E-state index is 12.6. The van der Waals surface area contributed by atoms with Gasteiger partial charge in [-0.25, -0.2) is 0 Å². The molecule has 4 nitrogen and oxygen atoms in total. The van der Waals surface area contributed by atoms with Gasteiger partial charge in [-0.15, -0.1) is 11.8 Å². The topological polar surface area (TPSA) is 49.4 Å². The van der Waals surface area contributed by atoms with Crippen molar-refractivity contribution < 1.29 is 9.59 Å². The molecule has 1 fully saturated rings. The van der Waals surface area contributed by atoms with Crippen molar-refractivity contribution in [3.05, 3.63) is 59.1 Å². The highest BCUT2D eigenvalue weighted by atomic mass is 35.5. The second-order valence-electron chi connectivity index (χ2n) is 6.20. The lowest BCUT2D eigenvalue weighted by atomic mass is 10.1. The Hall–Kier alpha value is -1.98. The SMILES string of the molecule is CSc1ccc(CCNC(=O)[C@H]2CCN(c3ccc(Cl)cc3)C2=O)cc1.